The van der Waals surface area contributed by atoms with Gasteiger partial charge < -0.3 is 19.7 Å². The van der Waals surface area contributed by atoms with Crippen molar-refractivity contribution in [2.24, 2.45) is 0 Å². The van der Waals surface area contributed by atoms with Crippen LogP contribution in [-0.2, 0) is 4.74 Å². The van der Waals surface area contributed by atoms with Crippen LogP contribution in [0, 0.1) is 0 Å². The maximum absolute atomic E-state index is 11.1. The first-order chi connectivity index (χ1) is 15.2. The van der Waals surface area contributed by atoms with Crippen molar-refractivity contribution >= 4 is 16.2 Å². The minimum Gasteiger partial charge on any atom is -0.491 e. The third-order valence-corrected chi connectivity index (χ3v) is 6.44. The lowest BCUT2D eigenvalue weighted by Gasteiger charge is -2.09. The quantitative estimate of drug-likeness (QED) is 0.364. The molecule has 1 aliphatic carbocycles. The second kappa shape index (κ2) is 8.75. The van der Waals surface area contributed by atoms with Crippen LogP contribution in [0.1, 0.15) is 41.1 Å². The van der Waals surface area contributed by atoms with Crippen LogP contribution < -0.4 is 4.74 Å². The average Bonchev–Trinajstić information content (AvgIpc) is 3.19. The molecule has 0 saturated heterocycles. The van der Waals surface area contributed by atoms with Gasteiger partial charge >= 0.3 is 0 Å². The summed E-state index contributed by atoms with van der Waals surface area (Å²) in [5.41, 5.74) is 2.16. The zero-order chi connectivity index (χ0) is 21.2. The summed E-state index contributed by atoms with van der Waals surface area (Å²) in [5.74, 6) is 1.23. The molecule has 0 spiro atoms. The Balaban J connectivity index is 1.30. The Hall–Kier alpha value is -2.79. The summed E-state index contributed by atoms with van der Waals surface area (Å²) in [6, 6.07) is 7.45. The number of fused-ring (bicyclic) bond motifs is 1. The predicted octanol–water partition coefficient (Wildman–Crippen LogP) is 2.32. The van der Waals surface area contributed by atoms with E-state index in [-0.39, 0.29) is 6.61 Å². The summed E-state index contributed by atoms with van der Waals surface area (Å²) in [6.45, 7) is 1.14. The number of imidazole rings is 1. The third kappa shape index (κ3) is 4.19. The van der Waals surface area contributed by atoms with Crippen molar-refractivity contribution in [2.75, 3.05) is 26.4 Å². The van der Waals surface area contributed by atoms with E-state index in [1.807, 2.05) is 34.9 Å². The van der Waals surface area contributed by atoms with E-state index in [0.717, 1.165) is 29.1 Å². The summed E-state index contributed by atoms with van der Waals surface area (Å²) in [7, 11) is 0. The highest BCUT2D eigenvalue weighted by Gasteiger charge is 2.33. The van der Waals surface area contributed by atoms with Crippen LogP contribution in [0.25, 0.3) is 10.5 Å². The van der Waals surface area contributed by atoms with Crippen molar-refractivity contribution in [3.8, 4) is 11.4 Å². The molecule has 1 saturated carbocycles. The molecule has 1 fully saturated rings. The normalized spacial score (nSPS) is 14.9. The number of benzene rings is 1. The topological polar surface area (TPSA) is 107 Å². The lowest BCUT2D eigenvalue weighted by molar-refractivity contribution is 0.0705. The molecule has 31 heavy (non-hydrogen) atoms. The van der Waals surface area contributed by atoms with E-state index in [9.17, 15) is 5.11 Å². The van der Waals surface area contributed by atoms with E-state index in [4.69, 9.17) is 14.6 Å². The Morgan fingerprint density at radius 3 is 2.77 bits per heavy atom. The van der Waals surface area contributed by atoms with Crippen molar-refractivity contribution in [3.05, 3.63) is 59.3 Å². The summed E-state index contributed by atoms with van der Waals surface area (Å²) < 4.78 is 14.4. The molecule has 1 aliphatic rings. The van der Waals surface area contributed by atoms with Gasteiger partial charge in [0.2, 0.25) is 0 Å². The van der Waals surface area contributed by atoms with Gasteiger partial charge in [-0.15, -0.1) is 16.4 Å². The Morgan fingerprint density at radius 2 is 2.00 bits per heavy atom. The van der Waals surface area contributed by atoms with Gasteiger partial charge in [0.05, 0.1) is 43.6 Å². The monoisotopic (exact) mass is 441 g/mol. The zero-order valence-electron chi connectivity index (χ0n) is 16.8. The molecule has 1 atom stereocenters. The van der Waals surface area contributed by atoms with E-state index in [2.05, 4.69) is 15.3 Å². The van der Waals surface area contributed by atoms with Gasteiger partial charge in [-0.1, -0.05) is 5.21 Å². The fraction of sp³-hybridized carbons (Fsp3) is 0.381. The standard InChI is InChI=1S/C21H23N5O4S/c27-7-8-29-9-10-30-16-5-3-15(4-6-16)26-12-17(23-24-26)20(28)19-21(14-1-2-14)31-18-11-22-13-25(18)19/h3-6,11-14,20,27-28H,1-2,7-10H2. The molecule has 3 aromatic heterocycles. The number of aliphatic hydroxyl groups is 2. The maximum Gasteiger partial charge on any atom is 0.141 e. The van der Waals surface area contributed by atoms with Crippen LogP contribution in [-0.4, -0.2) is 61.0 Å². The molecule has 2 N–H and O–H groups in total. The Kier molecular flexibility index (Phi) is 5.68. The van der Waals surface area contributed by atoms with Gasteiger partial charge in [0.15, 0.2) is 0 Å². The number of nitrogens with zero attached hydrogens (tertiary/aromatic N) is 5. The summed E-state index contributed by atoms with van der Waals surface area (Å²) in [4.78, 5) is 6.45. The van der Waals surface area contributed by atoms with Crippen molar-refractivity contribution < 1.29 is 19.7 Å². The predicted molar refractivity (Wildman–Crippen MR) is 114 cm³/mol. The molecule has 0 radical (unpaired) electrons. The van der Waals surface area contributed by atoms with Gasteiger partial charge in [-0.2, -0.15) is 0 Å². The van der Waals surface area contributed by atoms with Crippen molar-refractivity contribution in [3.63, 3.8) is 0 Å². The van der Waals surface area contributed by atoms with E-state index in [0.29, 0.717) is 37.2 Å². The summed E-state index contributed by atoms with van der Waals surface area (Å²) in [6.07, 6.45) is 6.77. The van der Waals surface area contributed by atoms with Gasteiger partial charge in [0, 0.05) is 4.88 Å². The Morgan fingerprint density at radius 1 is 1.16 bits per heavy atom. The van der Waals surface area contributed by atoms with Crippen LogP contribution >= 0.6 is 11.3 Å². The first-order valence-corrected chi connectivity index (χ1v) is 11.0. The van der Waals surface area contributed by atoms with Gasteiger partial charge in [-0.25, -0.2) is 9.67 Å². The number of aromatic nitrogens is 5. The summed E-state index contributed by atoms with van der Waals surface area (Å²) >= 11 is 1.69. The molecule has 3 heterocycles. The van der Waals surface area contributed by atoms with Crippen LogP contribution in [0.2, 0.25) is 0 Å². The molecule has 4 aromatic rings. The highest BCUT2D eigenvalue weighted by molar-refractivity contribution is 7.17. The van der Waals surface area contributed by atoms with Crippen LogP contribution in [0.4, 0.5) is 0 Å². The van der Waals surface area contributed by atoms with E-state index < -0.39 is 6.10 Å². The molecule has 0 bridgehead atoms. The third-order valence-electron chi connectivity index (χ3n) is 5.16. The maximum atomic E-state index is 11.1. The fourth-order valence-electron chi connectivity index (χ4n) is 3.48. The molecule has 0 amide bonds. The SMILES string of the molecule is OCCOCCOc1ccc(-n2cc(C(O)c3c(C4CC4)sc4cncn34)nn2)cc1. The largest absolute Gasteiger partial charge is 0.491 e. The lowest BCUT2D eigenvalue weighted by Crippen LogP contribution is -2.09. The molecular formula is C21H23N5O4S. The first-order valence-electron chi connectivity index (χ1n) is 10.2. The molecule has 1 unspecified atom stereocenters. The van der Waals surface area contributed by atoms with Crippen molar-refractivity contribution in [1.29, 1.82) is 0 Å². The summed E-state index contributed by atoms with van der Waals surface area (Å²) in [5, 5.41) is 28.2. The first kappa shape index (κ1) is 20.1. The molecular weight excluding hydrogens is 418 g/mol. The van der Waals surface area contributed by atoms with Gasteiger partial charge in [0.25, 0.3) is 0 Å². The fourth-order valence-corrected chi connectivity index (χ4v) is 4.78. The molecule has 162 valence electrons. The van der Waals surface area contributed by atoms with Crippen molar-refractivity contribution in [1.82, 2.24) is 24.4 Å². The second-order valence-electron chi connectivity index (χ2n) is 7.40. The van der Waals surface area contributed by atoms with E-state index in [1.54, 1.807) is 28.5 Å². The lowest BCUT2D eigenvalue weighted by atomic mass is 10.1. The highest BCUT2D eigenvalue weighted by atomic mass is 32.1. The highest BCUT2D eigenvalue weighted by Crippen LogP contribution is 2.47. The van der Waals surface area contributed by atoms with Crippen LogP contribution in [0.5, 0.6) is 5.75 Å². The number of aliphatic hydroxyl groups excluding tert-OH is 2. The second-order valence-corrected chi connectivity index (χ2v) is 8.46. The van der Waals surface area contributed by atoms with Gasteiger partial charge in [-0.05, 0) is 43.0 Å². The van der Waals surface area contributed by atoms with Crippen LogP contribution in [0.3, 0.4) is 0 Å². The Labute approximate surface area is 182 Å². The number of thiazole rings is 1. The molecule has 5 rings (SSSR count). The molecule has 1 aromatic carbocycles. The minimum absolute atomic E-state index is 0.00475. The number of hydrogen-bond acceptors (Lipinski definition) is 8. The van der Waals surface area contributed by atoms with Crippen molar-refractivity contribution in [2.45, 2.75) is 24.9 Å². The smallest absolute Gasteiger partial charge is 0.141 e. The molecule has 0 aliphatic heterocycles. The zero-order valence-corrected chi connectivity index (χ0v) is 17.6. The number of rotatable bonds is 10. The van der Waals surface area contributed by atoms with E-state index in [1.165, 1.54) is 4.88 Å². The van der Waals surface area contributed by atoms with Gasteiger partial charge in [-0.3, -0.25) is 4.40 Å². The van der Waals surface area contributed by atoms with Gasteiger partial charge in [0.1, 0.15) is 35.3 Å². The minimum atomic E-state index is -0.867. The molecule has 9 nitrogen and oxygen atoms in total. The van der Waals surface area contributed by atoms with Crippen LogP contribution in [0.15, 0.2) is 43.0 Å². The molecule has 10 heteroatoms. The van der Waals surface area contributed by atoms with E-state index >= 15 is 0 Å². The Bertz CT molecular complexity index is 1150. The average molecular weight is 442 g/mol. The number of ether oxygens (including phenoxy) is 2. The number of hydrogen-bond donors (Lipinski definition) is 2.